The van der Waals surface area contributed by atoms with Crippen molar-refractivity contribution in [3.63, 3.8) is 0 Å². The van der Waals surface area contributed by atoms with Crippen LogP contribution in [0.5, 0.6) is 0 Å². The lowest BCUT2D eigenvalue weighted by molar-refractivity contribution is -0.113. The molecule has 4 nitrogen and oxygen atoms in total. The fourth-order valence-electron chi connectivity index (χ4n) is 1.10. The second-order valence-electron chi connectivity index (χ2n) is 5.01. The van der Waals surface area contributed by atoms with Gasteiger partial charge in [-0.05, 0) is 39.5 Å². The summed E-state index contributed by atoms with van der Waals surface area (Å²) in [5.74, 6) is 5.31. The molecule has 0 aromatic carbocycles. The van der Waals surface area contributed by atoms with Crippen molar-refractivity contribution < 1.29 is 14.3 Å². The molecule has 0 spiro atoms. The highest BCUT2D eigenvalue weighted by Gasteiger charge is 2.15. The number of alkyl carbamates (subject to hydrolysis) is 1. The van der Waals surface area contributed by atoms with Crippen molar-refractivity contribution in [1.29, 1.82) is 0 Å². The Kier molecular flexibility index (Phi) is 7.86. The fourth-order valence-corrected chi connectivity index (χ4v) is 1.10. The van der Waals surface area contributed by atoms with Gasteiger partial charge in [-0.3, -0.25) is 4.79 Å². The highest BCUT2D eigenvalue weighted by Crippen LogP contribution is 2.06. The molecule has 18 heavy (non-hydrogen) atoms. The average Bonchev–Trinajstić information content (AvgIpc) is 2.22. The van der Waals surface area contributed by atoms with Crippen LogP contribution in [0.1, 0.15) is 53.4 Å². The summed E-state index contributed by atoms with van der Waals surface area (Å²) < 4.78 is 5.06. The molecule has 4 heteroatoms. The zero-order valence-electron chi connectivity index (χ0n) is 11.8. The number of unbranched alkanes of at least 4 members (excludes halogenated alkanes) is 1. The van der Waals surface area contributed by atoms with Gasteiger partial charge in [-0.2, -0.15) is 0 Å². The van der Waals surface area contributed by atoms with Crippen LogP contribution in [-0.4, -0.2) is 24.0 Å². The van der Waals surface area contributed by atoms with E-state index in [9.17, 15) is 9.59 Å². The van der Waals surface area contributed by atoms with E-state index in [0.29, 0.717) is 19.4 Å². The number of ether oxygens (including phenoxy) is 1. The normalized spacial score (nSPS) is 10.2. The Labute approximate surface area is 109 Å². The first-order valence-corrected chi connectivity index (χ1v) is 6.33. The third-order valence-corrected chi connectivity index (χ3v) is 1.85. The lowest BCUT2D eigenvalue weighted by atomic mass is 10.2. The maximum Gasteiger partial charge on any atom is 0.407 e. The topological polar surface area (TPSA) is 55.4 Å². The monoisotopic (exact) mass is 253 g/mol. The molecule has 0 aromatic rings. The molecule has 0 heterocycles. The van der Waals surface area contributed by atoms with Crippen LogP contribution in [0.25, 0.3) is 0 Å². The average molecular weight is 253 g/mol. The van der Waals surface area contributed by atoms with E-state index in [2.05, 4.69) is 17.2 Å². The van der Waals surface area contributed by atoms with Crippen LogP contribution in [0, 0.1) is 11.8 Å². The Morgan fingerprint density at radius 2 is 1.94 bits per heavy atom. The molecule has 0 radical (unpaired) electrons. The minimum atomic E-state index is -0.495. The molecule has 0 atom stereocenters. The van der Waals surface area contributed by atoms with Gasteiger partial charge in [0.2, 0.25) is 5.78 Å². The molecule has 1 N–H and O–H groups in total. The van der Waals surface area contributed by atoms with Crippen LogP contribution in [-0.2, 0) is 9.53 Å². The Hall–Kier alpha value is -1.50. The summed E-state index contributed by atoms with van der Waals surface area (Å²) in [6, 6.07) is 0. The predicted molar refractivity (Wildman–Crippen MR) is 71.2 cm³/mol. The molecule has 0 bridgehead atoms. The lowest BCUT2D eigenvalue weighted by Crippen LogP contribution is -2.33. The van der Waals surface area contributed by atoms with E-state index in [1.807, 2.05) is 6.92 Å². The SMILES string of the molecule is CCCC#CC(=O)CCCNC(=O)OC(C)(C)C. The molecule has 0 saturated heterocycles. The van der Waals surface area contributed by atoms with Gasteiger partial charge in [-0.15, -0.1) is 0 Å². The molecule has 0 aliphatic rings. The summed E-state index contributed by atoms with van der Waals surface area (Å²) in [5.41, 5.74) is -0.495. The second-order valence-corrected chi connectivity index (χ2v) is 5.01. The highest BCUT2D eigenvalue weighted by molar-refractivity contribution is 5.95. The van der Waals surface area contributed by atoms with Gasteiger partial charge < -0.3 is 10.1 Å². The summed E-state index contributed by atoms with van der Waals surface area (Å²) in [6.45, 7) is 7.86. The molecular formula is C14H23NO3. The number of hydrogen-bond donors (Lipinski definition) is 1. The summed E-state index contributed by atoms with van der Waals surface area (Å²) in [4.78, 5) is 22.5. The zero-order valence-corrected chi connectivity index (χ0v) is 11.8. The predicted octanol–water partition coefficient (Wildman–Crippen LogP) is 2.66. The molecule has 0 rings (SSSR count). The molecular weight excluding hydrogens is 230 g/mol. The second kappa shape index (κ2) is 8.57. The summed E-state index contributed by atoms with van der Waals surface area (Å²) in [7, 11) is 0. The summed E-state index contributed by atoms with van der Waals surface area (Å²) in [5, 5.41) is 2.60. The molecule has 0 aromatic heterocycles. The largest absolute Gasteiger partial charge is 0.444 e. The highest BCUT2D eigenvalue weighted by atomic mass is 16.6. The fraction of sp³-hybridized carbons (Fsp3) is 0.714. The number of rotatable bonds is 5. The minimum Gasteiger partial charge on any atom is -0.444 e. The number of ketones is 1. The third kappa shape index (κ3) is 11.0. The molecule has 0 aliphatic heterocycles. The smallest absolute Gasteiger partial charge is 0.407 e. The number of carbonyl (C=O) groups excluding carboxylic acids is 2. The van der Waals surface area contributed by atoms with Gasteiger partial charge in [-0.25, -0.2) is 4.79 Å². The van der Waals surface area contributed by atoms with Gasteiger partial charge in [0, 0.05) is 19.4 Å². The van der Waals surface area contributed by atoms with Gasteiger partial charge >= 0.3 is 6.09 Å². The van der Waals surface area contributed by atoms with Gasteiger partial charge in [0.05, 0.1) is 0 Å². The van der Waals surface area contributed by atoms with Crippen LogP contribution in [0.2, 0.25) is 0 Å². The summed E-state index contributed by atoms with van der Waals surface area (Å²) in [6.07, 6.45) is 2.21. The first-order chi connectivity index (χ1) is 8.35. The zero-order chi connectivity index (χ0) is 14.0. The van der Waals surface area contributed by atoms with Crippen LogP contribution >= 0.6 is 0 Å². The van der Waals surface area contributed by atoms with Crippen LogP contribution < -0.4 is 5.32 Å². The van der Waals surface area contributed by atoms with E-state index >= 15 is 0 Å². The van der Waals surface area contributed by atoms with Gasteiger partial charge in [0.25, 0.3) is 0 Å². The Morgan fingerprint density at radius 3 is 2.50 bits per heavy atom. The Morgan fingerprint density at radius 1 is 1.28 bits per heavy atom. The molecule has 1 amide bonds. The molecule has 102 valence electrons. The number of Topliss-reactive ketones (excluding diaryl/α,β-unsaturated/α-hetero) is 1. The van der Waals surface area contributed by atoms with Gasteiger partial charge in [-0.1, -0.05) is 12.8 Å². The van der Waals surface area contributed by atoms with E-state index in [-0.39, 0.29) is 5.78 Å². The van der Waals surface area contributed by atoms with Crippen molar-refractivity contribution in [3.8, 4) is 11.8 Å². The van der Waals surface area contributed by atoms with E-state index in [0.717, 1.165) is 12.8 Å². The standard InChI is InChI=1S/C14H23NO3/c1-5-6-7-9-12(16)10-8-11-15-13(17)18-14(2,3)4/h5-6,8,10-11H2,1-4H3,(H,15,17). The Balaban J connectivity index is 3.66. The van der Waals surface area contributed by atoms with Crippen LogP contribution in [0.4, 0.5) is 4.79 Å². The molecule has 0 fully saturated rings. The number of amides is 1. The number of hydrogen-bond acceptors (Lipinski definition) is 3. The van der Waals surface area contributed by atoms with Crippen molar-refractivity contribution in [2.24, 2.45) is 0 Å². The molecule has 0 unspecified atom stereocenters. The maximum atomic E-state index is 11.3. The van der Waals surface area contributed by atoms with Crippen molar-refractivity contribution in [2.45, 2.75) is 59.0 Å². The van der Waals surface area contributed by atoms with Gasteiger partial charge in [0.15, 0.2) is 0 Å². The van der Waals surface area contributed by atoms with Crippen molar-refractivity contribution >= 4 is 11.9 Å². The quantitative estimate of drug-likeness (QED) is 0.465. The van der Waals surface area contributed by atoms with E-state index in [1.54, 1.807) is 20.8 Å². The van der Waals surface area contributed by atoms with Crippen molar-refractivity contribution in [1.82, 2.24) is 5.32 Å². The first kappa shape index (κ1) is 16.5. The van der Waals surface area contributed by atoms with E-state index in [1.165, 1.54) is 0 Å². The summed E-state index contributed by atoms with van der Waals surface area (Å²) >= 11 is 0. The number of nitrogens with one attached hydrogen (secondary N) is 1. The van der Waals surface area contributed by atoms with E-state index < -0.39 is 11.7 Å². The Bertz CT molecular complexity index is 331. The van der Waals surface area contributed by atoms with Crippen LogP contribution in [0.3, 0.4) is 0 Å². The van der Waals surface area contributed by atoms with Crippen LogP contribution in [0.15, 0.2) is 0 Å². The molecule has 0 saturated carbocycles. The first-order valence-electron chi connectivity index (χ1n) is 6.33. The lowest BCUT2D eigenvalue weighted by Gasteiger charge is -2.19. The van der Waals surface area contributed by atoms with Crippen molar-refractivity contribution in [3.05, 3.63) is 0 Å². The number of carbonyl (C=O) groups is 2. The third-order valence-electron chi connectivity index (χ3n) is 1.85. The molecule has 0 aliphatic carbocycles. The van der Waals surface area contributed by atoms with E-state index in [4.69, 9.17) is 4.74 Å². The maximum absolute atomic E-state index is 11.3. The van der Waals surface area contributed by atoms with Gasteiger partial charge in [0.1, 0.15) is 5.60 Å². The minimum absolute atomic E-state index is 0.0746. The van der Waals surface area contributed by atoms with Crippen molar-refractivity contribution in [2.75, 3.05) is 6.54 Å².